The number of aliphatic hydroxyl groups excluding tert-OH is 1. The molecule has 13 heteroatoms. The molecule has 0 unspecified atom stereocenters. The third-order valence-electron chi connectivity index (χ3n) is 6.66. The largest absolute Gasteiger partial charge is 0.481 e. The Bertz CT molecular complexity index is 1510. The van der Waals surface area contributed by atoms with Crippen LogP contribution in [0.3, 0.4) is 0 Å². The van der Waals surface area contributed by atoms with Gasteiger partial charge in [-0.15, -0.1) is 22.7 Å². The van der Waals surface area contributed by atoms with Crippen LogP contribution in [0.2, 0.25) is 0 Å². The monoisotopic (exact) mass is 672 g/mol. The first-order chi connectivity index (χ1) is 21.3. The van der Waals surface area contributed by atoms with E-state index in [0.717, 1.165) is 72.6 Å². The van der Waals surface area contributed by atoms with Crippen LogP contribution >= 0.6 is 22.7 Å². The quantitative estimate of drug-likeness (QED) is 0.147. The van der Waals surface area contributed by atoms with Crippen molar-refractivity contribution in [2.45, 2.75) is 77.6 Å². The Kier molecular flexibility index (Phi) is 13.1. The zero-order chi connectivity index (χ0) is 33.2. The number of alkyl halides is 6. The van der Waals surface area contributed by atoms with Crippen LogP contribution in [-0.2, 0) is 42.8 Å². The standard InChI is InChI=1S/C16H16F3NO2S.C16H18F3NOS/c1-2-3-4-12-13(9-14(21)22)23-15(20-12)10-5-7-11(8-6-10)16(17,18)19;1-2-3-4-13-14(9-10-21)22-15(20-13)11-5-7-12(8-6-11)16(17,18)19/h5-8H,2-4,9H2,1H3,(H,21,22);5-8,21H,2-4,9-10H2,1H3. The second kappa shape index (κ2) is 16.3. The Balaban J connectivity index is 0.000000246. The van der Waals surface area contributed by atoms with Crippen molar-refractivity contribution in [3.05, 3.63) is 80.8 Å². The first-order valence-electron chi connectivity index (χ1n) is 14.4. The van der Waals surface area contributed by atoms with E-state index < -0.39 is 29.4 Å². The van der Waals surface area contributed by atoms with Gasteiger partial charge in [-0.25, -0.2) is 9.97 Å². The minimum absolute atomic E-state index is 0.0494. The van der Waals surface area contributed by atoms with E-state index in [-0.39, 0.29) is 13.0 Å². The number of rotatable bonds is 12. The molecule has 0 aliphatic carbocycles. The summed E-state index contributed by atoms with van der Waals surface area (Å²) in [6.07, 6.45) is -2.85. The van der Waals surface area contributed by atoms with Crippen molar-refractivity contribution < 1.29 is 41.4 Å². The number of carboxylic acid groups (broad SMARTS) is 1. The average Bonchev–Trinajstić information content (AvgIpc) is 3.58. The van der Waals surface area contributed by atoms with Gasteiger partial charge in [0.15, 0.2) is 0 Å². The van der Waals surface area contributed by atoms with E-state index in [4.69, 9.17) is 10.2 Å². The lowest BCUT2D eigenvalue weighted by atomic mass is 10.1. The van der Waals surface area contributed by atoms with Gasteiger partial charge in [0.25, 0.3) is 0 Å². The minimum Gasteiger partial charge on any atom is -0.481 e. The maximum absolute atomic E-state index is 12.6. The maximum atomic E-state index is 12.6. The highest BCUT2D eigenvalue weighted by molar-refractivity contribution is 7.15. The van der Waals surface area contributed by atoms with Gasteiger partial charge in [-0.2, -0.15) is 26.3 Å². The molecule has 0 aliphatic heterocycles. The number of aliphatic carboxylic acids is 1. The van der Waals surface area contributed by atoms with Gasteiger partial charge in [0, 0.05) is 33.9 Å². The third kappa shape index (κ3) is 10.6. The molecule has 244 valence electrons. The number of unbranched alkanes of at least 4 members (excludes halogenated alkanes) is 2. The number of hydrogen-bond acceptors (Lipinski definition) is 6. The van der Waals surface area contributed by atoms with E-state index in [1.807, 2.05) is 6.92 Å². The van der Waals surface area contributed by atoms with Gasteiger partial charge in [-0.05, 0) is 49.9 Å². The van der Waals surface area contributed by atoms with Crippen LogP contribution in [0.25, 0.3) is 21.1 Å². The fourth-order valence-electron chi connectivity index (χ4n) is 4.27. The summed E-state index contributed by atoms with van der Waals surface area (Å²) in [5, 5.41) is 19.4. The number of aliphatic hydroxyl groups is 1. The van der Waals surface area contributed by atoms with Crippen molar-refractivity contribution >= 4 is 28.6 Å². The molecule has 2 N–H and O–H groups in total. The average molecular weight is 673 g/mol. The first-order valence-corrected chi connectivity index (χ1v) is 16.0. The van der Waals surface area contributed by atoms with Gasteiger partial charge in [-0.3, -0.25) is 4.79 Å². The number of halogens is 6. The highest BCUT2D eigenvalue weighted by atomic mass is 32.1. The number of aromatic nitrogens is 2. The molecule has 45 heavy (non-hydrogen) atoms. The molecular weight excluding hydrogens is 638 g/mol. The van der Waals surface area contributed by atoms with Crippen LogP contribution in [0.15, 0.2) is 48.5 Å². The number of benzene rings is 2. The lowest BCUT2D eigenvalue weighted by molar-refractivity contribution is -0.138. The van der Waals surface area contributed by atoms with Gasteiger partial charge in [0.1, 0.15) is 10.0 Å². The van der Waals surface area contributed by atoms with Crippen LogP contribution in [-0.4, -0.2) is 32.8 Å². The summed E-state index contributed by atoms with van der Waals surface area (Å²) in [7, 11) is 0. The predicted molar refractivity (Wildman–Crippen MR) is 164 cm³/mol. The lowest BCUT2D eigenvalue weighted by Gasteiger charge is -2.06. The van der Waals surface area contributed by atoms with Crippen molar-refractivity contribution in [2.75, 3.05) is 6.61 Å². The Morgan fingerprint density at radius 1 is 0.689 bits per heavy atom. The van der Waals surface area contributed by atoms with Crippen LogP contribution in [0.5, 0.6) is 0 Å². The van der Waals surface area contributed by atoms with Crippen LogP contribution in [0.1, 0.15) is 71.8 Å². The van der Waals surface area contributed by atoms with E-state index in [0.29, 0.717) is 38.9 Å². The Morgan fingerprint density at radius 3 is 1.44 bits per heavy atom. The summed E-state index contributed by atoms with van der Waals surface area (Å²) in [5.41, 5.74) is 1.56. The van der Waals surface area contributed by atoms with E-state index in [1.165, 1.54) is 46.9 Å². The zero-order valence-electron chi connectivity index (χ0n) is 24.8. The van der Waals surface area contributed by atoms with Gasteiger partial charge in [0.05, 0.1) is 28.9 Å². The summed E-state index contributed by atoms with van der Waals surface area (Å²) in [5.74, 6) is -0.939. The number of carboxylic acids is 1. The molecule has 0 radical (unpaired) electrons. The summed E-state index contributed by atoms with van der Waals surface area (Å²) < 4.78 is 75.6. The number of nitrogens with zero attached hydrogens (tertiary/aromatic N) is 2. The van der Waals surface area contributed by atoms with Gasteiger partial charge in [-0.1, -0.05) is 51.0 Å². The maximum Gasteiger partial charge on any atom is 0.416 e. The highest BCUT2D eigenvalue weighted by Gasteiger charge is 2.31. The fraction of sp³-hybridized carbons (Fsp3) is 0.406. The molecule has 5 nitrogen and oxygen atoms in total. The molecule has 0 atom stereocenters. The first kappa shape index (κ1) is 36.2. The number of thiazole rings is 2. The predicted octanol–water partition coefficient (Wildman–Crippen LogP) is 9.50. The van der Waals surface area contributed by atoms with E-state index in [2.05, 4.69) is 16.9 Å². The number of hydrogen-bond donors (Lipinski definition) is 2. The van der Waals surface area contributed by atoms with Crippen molar-refractivity contribution in [3.63, 3.8) is 0 Å². The second-order valence-electron chi connectivity index (χ2n) is 10.2. The Labute approximate surface area is 265 Å². The fourth-order valence-corrected chi connectivity index (χ4v) is 6.47. The Hall–Kier alpha value is -3.29. The lowest BCUT2D eigenvalue weighted by Crippen LogP contribution is -2.03. The molecule has 4 aromatic rings. The molecule has 4 rings (SSSR count). The van der Waals surface area contributed by atoms with E-state index in [9.17, 15) is 31.1 Å². The highest BCUT2D eigenvalue weighted by Crippen LogP contribution is 2.35. The minimum atomic E-state index is -4.37. The molecule has 0 aliphatic rings. The molecule has 2 aromatic carbocycles. The molecule has 0 bridgehead atoms. The number of carbonyl (C=O) groups is 1. The molecular formula is C32H34F6N2O3S2. The summed E-state index contributed by atoms with van der Waals surface area (Å²) in [6, 6.07) is 9.83. The Morgan fingerprint density at radius 2 is 1.09 bits per heavy atom. The van der Waals surface area contributed by atoms with E-state index in [1.54, 1.807) is 0 Å². The van der Waals surface area contributed by atoms with Gasteiger partial charge < -0.3 is 10.2 Å². The molecule has 0 spiro atoms. The van der Waals surface area contributed by atoms with Crippen molar-refractivity contribution in [1.82, 2.24) is 9.97 Å². The smallest absolute Gasteiger partial charge is 0.416 e. The van der Waals surface area contributed by atoms with Crippen molar-refractivity contribution in [1.29, 1.82) is 0 Å². The van der Waals surface area contributed by atoms with Gasteiger partial charge >= 0.3 is 18.3 Å². The molecule has 0 saturated carbocycles. The summed E-state index contributed by atoms with van der Waals surface area (Å²) in [4.78, 5) is 21.6. The van der Waals surface area contributed by atoms with Crippen LogP contribution in [0.4, 0.5) is 26.3 Å². The van der Waals surface area contributed by atoms with Crippen molar-refractivity contribution in [2.24, 2.45) is 0 Å². The second-order valence-corrected chi connectivity index (χ2v) is 12.3. The molecule has 0 saturated heterocycles. The van der Waals surface area contributed by atoms with E-state index >= 15 is 0 Å². The van der Waals surface area contributed by atoms with Gasteiger partial charge in [0.2, 0.25) is 0 Å². The molecule has 2 heterocycles. The zero-order valence-corrected chi connectivity index (χ0v) is 26.4. The van der Waals surface area contributed by atoms with Crippen LogP contribution in [0, 0.1) is 0 Å². The third-order valence-corrected chi connectivity index (χ3v) is 9.01. The summed E-state index contributed by atoms with van der Waals surface area (Å²) >= 11 is 2.68. The normalized spacial score (nSPS) is 11.8. The van der Waals surface area contributed by atoms with Crippen molar-refractivity contribution in [3.8, 4) is 21.1 Å². The molecule has 2 aromatic heterocycles. The summed E-state index contributed by atoms with van der Waals surface area (Å²) in [6.45, 7) is 4.17. The number of aryl methyl sites for hydroxylation is 2. The SMILES string of the molecule is CCCCc1nc(-c2ccc(C(F)(F)F)cc2)sc1CC(=O)O.CCCCc1nc(-c2ccc(C(F)(F)F)cc2)sc1CCO. The van der Waals surface area contributed by atoms with Crippen LogP contribution < -0.4 is 0 Å². The molecule has 0 amide bonds. The topological polar surface area (TPSA) is 83.3 Å². The molecule has 0 fully saturated rings.